The molecule has 0 saturated carbocycles. The molecule has 154 valence electrons. The average Bonchev–Trinajstić information content (AvgIpc) is 3.12. The number of nitrogens with zero attached hydrogens (tertiary/aromatic N) is 2. The molecule has 6 nitrogen and oxygen atoms in total. The number of amides is 1. The van der Waals surface area contributed by atoms with E-state index in [0.717, 1.165) is 0 Å². The van der Waals surface area contributed by atoms with Crippen LogP contribution in [0.2, 0.25) is 0 Å². The highest BCUT2D eigenvalue weighted by Crippen LogP contribution is 2.52. The summed E-state index contributed by atoms with van der Waals surface area (Å²) in [5.41, 5.74) is -0.264. The van der Waals surface area contributed by atoms with Gasteiger partial charge in [0.05, 0.1) is 36.6 Å². The predicted molar refractivity (Wildman–Crippen MR) is 109 cm³/mol. The number of halogens is 1. The molecule has 4 rings (SSSR count). The van der Waals surface area contributed by atoms with Crippen molar-refractivity contribution >= 4 is 17.7 Å². The zero-order valence-electron chi connectivity index (χ0n) is 16.4. The van der Waals surface area contributed by atoms with Crippen LogP contribution in [0.25, 0.3) is 0 Å². The van der Waals surface area contributed by atoms with Gasteiger partial charge in [-0.1, -0.05) is 18.2 Å². The summed E-state index contributed by atoms with van der Waals surface area (Å²) in [6, 6.07) is 13.1. The van der Waals surface area contributed by atoms with Gasteiger partial charge in [-0.15, -0.1) is 11.8 Å². The first-order chi connectivity index (χ1) is 14.4. The Balaban J connectivity index is 1.80. The van der Waals surface area contributed by atoms with Crippen LogP contribution in [0.1, 0.15) is 23.5 Å². The molecule has 2 aromatic rings. The van der Waals surface area contributed by atoms with E-state index in [-0.39, 0.29) is 18.1 Å². The third-order valence-electron chi connectivity index (χ3n) is 5.41. The fraction of sp³-hybridized carbons (Fsp3) is 0.273. The van der Waals surface area contributed by atoms with Gasteiger partial charge in [0.15, 0.2) is 17.2 Å². The van der Waals surface area contributed by atoms with Gasteiger partial charge >= 0.3 is 0 Å². The van der Waals surface area contributed by atoms with E-state index in [1.807, 2.05) is 0 Å². The molecule has 1 fully saturated rings. The lowest BCUT2D eigenvalue weighted by molar-refractivity contribution is -0.149. The lowest BCUT2D eigenvalue weighted by Gasteiger charge is -2.38. The second-order valence-corrected chi connectivity index (χ2v) is 8.01. The largest absolute Gasteiger partial charge is 0.493 e. The van der Waals surface area contributed by atoms with Gasteiger partial charge in [0, 0.05) is 17.9 Å². The number of thioether (sulfide) groups is 1. The molecule has 2 aliphatic heterocycles. The van der Waals surface area contributed by atoms with Crippen molar-refractivity contribution in [2.45, 2.75) is 18.1 Å². The summed E-state index contributed by atoms with van der Waals surface area (Å²) >= 11 is 1.24. The van der Waals surface area contributed by atoms with Gasteiger partial charge in [-0.25, -0.2) is 4.39 Å². The monoisotopic (exact) mass is 426 g/mol. The Morgan fingerprint density at radius 2 is 2.00 bits per heavy atom. The maximum Gasteiger partial charge on any atom is 0.231 e. The number of hydrogen-bond donors (Lipinski definition) is 1. The molecule has 2 aromatic carbocycles. The van der Waals surface area contributed by atoms with Crippen LogP contribution in [0.4, 0.5) is 4.39 Å². The number of methoxy groups -OCH3 is 2. The molecule has 0 aromatic heterocycles. The Hall–Kier alpha value is -3.02. The number of hydrogen-bond acceptors (Lipinski definition) is 6. The van der Waals surface area contributed by atoms with Gasteiger partial charge in [-0.3, -0.25) is 9.69 Å². The summed E-state index contributed by atoms with van der Waals surface area (Å²) in [6.07, 6.45) is -0.0357. The minimum atomic E-state index is -1.63. The molecule has 0 bridgehead atoms. The number of nitriles is 1. The Morgan fingerprint density at radius 3 is 2.67 bits per heavy atom. The zero-order chi connectivity index (χ0) is 21.5. The van der Waals surface area contributed by atoms with E-state index >= 15 is 0 Å². The van der Waals surface area contributed by atoms with Crippen LogP contribution >= 0.6 is 11.8 Å². The van der Waals surface area contributed by atoms with Crippen LogP contribution in [-0.4, -0.2) is 35.9 Å². The van der Waals surface area contributed by atoms with Gasteiger partial charge in [0.25, 0.3) is 0 Å². The topological polar surface area (TPSA) is 82.8 Å². The molecule has 2 aliphatic rings. The second-order valence-electron chi connectivity index (χ2n) is 7.05. The number of carbonyl (C=O) groups is 1. The van der Waals surface area contributed by atoms with Crippen LogP contribution in [0.5, 0.6) is 11.5 Å². The van der Waals surface area contributed by atoms with E-state index in [2.05, 4.69) is 6.07 Å². The number of rotatable bonds is 4. The molecule has 2 heterocycles. The van der Waals surface area contributed by atoms with Crippen LogP contribution < -0.4 is 9.47 Å². The summed E-state index contributed by atoms with van der Waals surface area (Å²) in [7, 11) is 3.00. The summed E-state index contributed by atoms with van der Waals surface area (Å²) in [4.78, 5) is 14.4. The van der Waals surface area contributed by atoms with Gasteiger partial charge in [-0.2, -0.15) is 5.26 Å². The number of ether oxygens (including phenoxy) is 2. The van der Waals surface area contributed by atoms with E-state index in [4.69, 9.17) is 9.47 Å². The average molecular weight is 426 g/mol. The highest BCUT2D eigenvalue weighted by atomic mass is 32.2. The normalized spacial score (nSPS) is 23.2. The third kappa shape index (κ3) is 3.11. The van der Waals surface area contributed by atoms with Gasteiger partial charge in [0.1, 0.15) is 5.82 Å². The SMILES string of the molecule is COc1ccc([C@]2(O)CSC3=C(C#N)[C@H](c4cccc(F)c4)CC(=O)N32)cc1OC. The van der Waals surface area contributed by atoms with Crippen molar-refractivity contribution < 1.29 is 23.8 Å². The lowest BCUT2D eigenvalue weighted by atomic mass is 9.85. The molecule has 0 aliphatic carbocycles. The Morgan fingerprint density at radius 1 is 1.23 bits per heavy atom. The smallest absolute Gasteiger partial charge is 0.231 e. The number of benzene rings is 2. The number of fused-ring (bicyclic) bond motifs is 1. The molecule has 30 heavy (non-hydrogen) atoms. The van der Waals surface area contributed by atoms with Crippen molar-refractivity contribution in [2.24, 2.45) is 0 Å². The van der Waals surface area contributed by atoms with Crippen molar-refractivity contribution in [3.8, 4) is 17.6 Å². The van der Waals surface area contributed by atoms with E-state index < -0.39 is 17.5 Å². The van der Waals surface area contributed by atoms with Crippen molar-refractivity contribution in [3.63, 3.8) is 0 Å². The highest BCUT2D eigenvalue weighted by Gasteiger charge is 2.52. The van der Waals surface area contributed by atoms with Gasteiger partial charge in [0.2, 0.25) is 5.91 Å². The molecule has 0 radical (unpaired) electrons. The van der Waals surface area contributed by atoms with Crippen LogP contribution in [0.15, 0.2) is 53.1 Å². The first-order valence-electron chi connectivity index (χ1n) is 9.23. The summed E-state index contributed by atoms with van der Waals surface area (Å²) in [5, 5.41) is 21.8. The minimum Gasteiger partial charge on any atom is -0.493 e. The molecule has 8 heteroatoms. The molecule has 0 spiro atoms. The molecular formula is C22H19FN2O4S. The minimum absolute atomic E-state index is 0.0357. The number of carbonyl (C=O) groups excluding carboxylic acids is 1. The fourth-order valence-electron chi connectivity index (χ4n) is 3.93. The lowest BCUT2D eigenvalue weighted by Crippen LogP contribution is -2.48. The Kier molecular flexibility index (Phi) is 5.18. The first kappa shape index (κ1) is 20.3. The van der Waals surface area contributed by atoms with E-state index in [1.165, 1.54) is 43.0 Å². The standard InChI is InChI=1S/C22H19FN2O4S/c1-28-18-7-6-14(9-19(18)29-2)22(27)12-30-21-17(11-24)16(10-20(26)25(21)22)13-4-3-5-15(23)8-13/h3-9,16,27H,10,12H2,1-2H3/t16-,22+/m0/s1. The number of allylic oxidation sites excluding steroid dienone is 1. The van der Waals surface area contributed by atoms with Crippen molar-refractivity contribution in [1.29, 1.82) is 5.26 Å². The first-order valence-corrected chi connectivity index (χ1v) is 10.2. The summed E-state index contributed by atoms with van der Waals surface area (Å²) in [6.45, 7) is 0. The zero-order valence-corrected chi connectivity index (χ0v) is 17.2. The highest BCUT2D eigenvalue weighted by molar-refractivity contribution is 8.03. The van der Waals surface area contributed by atoms with E-state index in [9.17, 15) is 19.6 Å². The molecular weight excluding hydrogens is 407 g/mol. The van der Waals surface area contributed by atoms with E-state index in [0.29, 0.717) is 33.2 Å². The second kappa shape index (κ2) is 7.67. The summed E-state index contributed by atoms with van der Waals surface area (Å²) < 4.78 is 24.3. The third-order valence-corrected chi connectivity index (χ3v) is 6.63. The van der Waals surface area contributed by atoms with Crippen LogP contribution in [-0.2, 0) is 10.5 Å². The van der Waals surface area contributed by atoms with Crippen molar-refractivity contribution in [1.82, 2.24) is 4.90 Å². The van der Waals surface area contributed by atoms with Crippen molar-refractivity contribution in [2.75, 3.05) is 20.0 Å². The molecule has 2 atom stereocenters. The molecule has 1 N–H and O–H groups in total. The van der Waals surface area contributed by atoms with Crippen molar-refractivity contribution in [3.05, 3.63) is 70.0 Å². The fourth-order valence-corrected chi connectivity index (χ4v) is 5.29. The van der Waals surface area contributed by atoms with Gasteiger partial charge < -0.3 is 14.6 Å². The maximum atomic E-state index is 13.7. The summed E-state index contributed by atoms with van der Waals surface area (Å²) in [5.74, 6) is -0.227. The molecule has 0 unspecified atom stereocenters. The van der Waals surface area contributed by atoms with Crippen LogP contribution in [0, 0.1) is 17.1 Å². The maximum absolute atomic E-state index is 13.7. The van der Waals surface area contributed by atoms with Gasteiger partial charge in [-0.05, 0) is 29.8 Å². The van der Waals surface area contributed by atoms with E-state index in [1.54, 1.807) is 30.3 Å². The Bertz CT molecular complexity index is 1100. The molecule has 1 amide bonds. The Labute approximate surface area is 177 Å². The predicted octanol–water partition coefficient (Wildman–Crippen LogP) is 3.49. The molecule has 1 saturated heterocycles. The van der Waals surface area contributed by atoms with Crippen LogP contribution in [0.3, 0.4) is 0 Å². The quantitative estimate of drug-likeness (QED) is 0.806. The number of aliphatic hydroxyl groups is 1.